The largest absolute Gasteiger partial charge is 0.322 e. The van der Waals surface area contributed by atoms with Crippen LogP contribution in [-0.4, -0.2) is 28.6 Å². The second-order valence-corrected chi connectivity index (χ2v) is 11.5. The minimum Gasteiger partial charge on any atom is -0.322 e. The molecule has 0 saturated heterocycles. The average molecular weight is 513 g/mol. The first-order valence-corrected chi connectivity index (χ1v) is 13.4. The molecule has 0 bridgehead atoms. The summed E-state index contributed by atoms with van der Waals surface area (Å²) in [6.07, 6.45) is 0. The zero-order chi connectivity index (χ0) is 23.5. The lowest BCUT2D eigenvalue weighted by atomic mass is 10.1. The lowest BCUT2D eigenvalue weighted by Crippen LogP contribution is -2.15. The van der Waals surface area contributed by atoms with Crippen LogP contribution in [0.2, 0.25) is 0 Å². The summed E-state index contributed by atoms with van der Waals surface area (Å²) in [5.41, 5.74) is 1.05. The molecular weight excluding hydrogens is 499 g/mol. The molecule has 0 aliphatic heterocycles. The molecule has 2 N–H and O–H groups in total. The van der Waals surface area contributed by atoms with E-state index in [0.29, 0.717) is 11.4 Å². The van der Waals surface area contributed by atoms with Gasteiger partial charge in [-0.2, -0.15) is 0 Å². The van der Waals surface area contributed by atoms with Gasteiger partial charge in [0.05, 0.1) is 9.79 Å². The summed E-state index contributed by atoms with van der Waals surface area (Å²) >= 11 is 0. The molecule has 12 heteroatoms. The third kappa shape index (κ3) is 6.07. The molecule has 0 heterocycles. The van der Waals surface area contributed by atoms with Crippen LogP contribution in [0, 0.1) is 0 Å². The van der Waals surface area contributed by atoms with Crippen LogP contribution >= 0.6 is 21.4 Å². The number of hydrogen-bond donors (Lipinski definition) is 2. The van der Waals surface area contributed by atoms with Gasteiger partial charge in [-0.05, 0) is 66.7 Å². The molecule has 0 atom stereocenters. The molecule has 3 rings (SSSR count). The van der Waals surface area contributed by atoms with Crippen LogP contribution in [0.25, 0.3) is 0 Å². The van der Waals surface area contributed by atoms with E-state index in [1.165, 1.54) is 72.8 Å². The first-order chi connectivity index (χ1) is 14.9. The van der Waals surface area contributed by atoms with E-state index in [-0.39, 0.29) is 20.9 Å². The Morgan fingerprint density at radius 2 is 0.938 bits per heavy atom. The number of rotatable bonds is 6. The maximum atomic E-state index is 12.5. The molecule has 0 unspecified atom stereocenters. The second kappa shape index (κ2) is 9.29. The number of amides is 2. The third-order valence-corrected chi connectivity index (χ3v) is 6.91. The number of halogens is 2. The van der Waals surface area contributed by atoms with Crippen molar-refractivity contribution in [3.8, 4) is 0 Å². The highest BCUT2D eigenvalue weighted by Gasteiger charge is 2.14. The van der Waals surface area contributed by atoms with Crippen molar-refractivity contribution in [2.75, 3.05) is 10.6 Å². The topological polar surface area (TPSA) is 126 Å². The van der Waals surface area contributed by atoms with E-state index in [0.717, 1.165) is 0 Å². The molecule has 0 fully saturated rings. The van der Waals surface area contributed by atoms with E-state index >= 15 is 0 Å². The van der Waals surface area contributed by atoms with Gasteiger partial charge >= 0.3 is 0 Å². The average Bonchev–Trinajstić information content (AvgIpc) is 2.73. The van der Waals surface area contributed by atoms with Crippen molar-refractivity contribution in [2.24, 2.45) is 0 Å². The fourth-order valence-corrected chi connectivity index (χ4v) is 4.15. The molecule has 0 spiro atoms. The molecule has 3 aromatic rings. The number of anilines is 2. The Hall–Kier alpha value is -2.92. The van der Waals surface area contributed by atoms with Crippen LogP contribution < -0.4 is 10.6 Å². The normalized spacial score (nSPS) is 11.6. The summed E-state index contributed by atoms with van der Waals surface area (Å²) in [6.45, 7) is 0. The highest BCUT2D eigenvalue weighted by Crippen LogP contribution is 2.20. The van der Waals surface area contributed by atoms with Crippen molar-refractivity contribution in [1.82, 2.24) is 0 Å². The van der Waals surface area contributed by atoms with Gasteiger partial charge in [-0.15, -0.1) is 0 Å². The van der Waals surface area contributed by atoms with Crippen molar-refractivity contribution in [1.29, 1.82) is 0 Å². The maximum Gasteiger partial charge on any atom is 0.261 e. The Bertz CT molecular complexity index is 1280. The van der Waals surface area contributed by atoms with Crippen LogP contribution in [-0.2, 0) is 18.1 Å². The third-order valence-electron chi connectivity index (χ3n) is 4.17. The number of benzene rings is 3. The Morgan fingerprint density at radius 3 is 1.25 bits per heavy atom. The SMILES string of the molecule is O=C(Nc1ccc(S(=O)(=O)Cl)cc1)c1cccc(C(=O)Nc2ccc(S(=O)(=O)Cl)cc2)c1. The molecule has 32 heavy (non-hydrogen) atoms. The van der Waals surface area contributed by atoms with Crippen molar-refractivity contribution in [2.45, 2.75) is 9.79 Å². The maximum absolute atomic E-state index is 12.5. The van der Waals surface area contributed by atoms with E-state index in [9.17, 15) is 26.4 Å². The summed E-state index contributed by atoms with van der Waals surface area (Å²) in [6, 6.07) is 16.5. The lowest BCUT2D eigenvalue weighted by Gasteiger charge is -2.09. The van der Waals surface area contributed by atoms with E-state index in [2.05, 4.69) is 10.6 Å². The molecule has 166 valence electrons. The Balaban J connectivity index is 1.71. The van der Waals surface area contributed by atoms with Gasteiger partial charge in [0.1, 0.15) is 0 Å². The monoisotopic (exact) mass is 512 g/mol. The Kier molecular flexibility index (Phi) is 6.89. The molecule has 0 aromatic heterocycles. The van der Waals surface area contributed by atoms with Crippen LogP contribution in [0.4, 0.5) is 11.4 Å². The quantitative estimate of drug-likeness (QED) is 0.479. The molecule has 2 amide bonds. The van der Waals surface area contributed by atoms with Gasteiger partial charge in [-0.3, -0.25) is 9.59 Å². The fraction of sp³-hybridized carbons (Fsp3) is 0. The number of carbonyl (C=O) groups is 2. The molecule has 0 saturated carbocycles. The molecule has 8 nitrogen and oxygen atoms in total. The van der Waals surface area contributed by atoms with Crippen LogP contribution in [0.3, 0.4) is 0 Å². The Morgan fingerprint density at radius 1 is 0.594 bits per heavy atom. The fourth-order valence-electron chi connectivity index (χ4n) is 2.61. The van der Waals surface area contributed by atoms with Gasteiger partial charge in [-0.1, -0.05) is 6.07 Å². The summed E-state index contributed by atoms with van der Waals surface area (Å²) in [4.78, 5) is 24.8. The number of nitrogens with one attached hydrogen (secondary N) is 2. The number of hydrogen-bond acceptors (Lipinski definition) is 6. The second-order valence-electron chi connectivity index (χ2n) is 6.41. The molecule has 0 radical (unpaired) electrons. The van der Waals surface area contributed by atoms with E-state index < -0.39 is 29.9 Å². The first-order valence-electron chi connectivity index (χ1n) is 8.76. The minimum atomic E-state index is -3.87. The van der Waals surface area contributed by atoms with Crippen LogP contribution in [0.15, 0.2) is 82.6 Å². The molecular formula is C20H14Cl2N2O6S2. The zero-order valence-corrected chi connectivity index (χ0v) is 19.1. The standard InChI is InChI=1S/C20H14Cl2N2O6S2/c21-31(27,28)17-8-4-15(5-9-17)23-19(25)13-2-1-3-14(12-13)20(26)24-16-6-10-18(11-7-16)32(22,29)30/h1-12H,(H,23,25)(H,24,26). The van der Waals surface area contributed by atoms with Gasteiger partial charge in [0.15, 0.2) is 0 Å². The highest BCUT2D eigenvalue weighted by atomic mass is 35.7. The van der Waals surface area contributed by atoms with Crippen LogP contribution in [0.5, 0.6) is 0 Å². The Labute approximate surface area is 193 Å². The van der Waals surface area contributed by atoms with Crippen molar-refractivity contribution in [3.63, 3.8) is 0 Å². The predicted molar refractivity (Wildman–Crippen MR) is 121 cm³/mol. The summed E-state index contributed by atoms with van der Waals surface area (Å²) < 4.78 is 45.2. The smallest absolute Gasteiger partial charge is 0.261 e. The molecule has 3 aromatic carbocycles. The molecule has 0 aliphatic carbocycles. The lowest BCUT2D eigenvalue weighted by molar-refractivity contribution is 0.102. The van der Waals surface area contributed by atoms with Crippen molar-refractivity contribution in [3.05, 3.63) is 83.9 Å². The van der Waals surface area contributed by atoms with Gasteiger partial charge < -0.3 is 10.6 Å². The van der Waals surface area contributed by atoms with E-state index in [1.54, 1.807) is 0 Å². The van der Waals surface area contributed by atoms with Crippen LogP contribution in [0.1, 0.15) is 20.7 Å². The predicted octanol–water partition coefficient (Wildman–Crippen LogP) is 4.05. The van der Waals surface area contributed by atoms with Crippen molar-refractivity contribution < 1.29 is 26.4 Å². The van der Waals surface area contributed by atoms with E-state index in [1.807, 2.05) is 0 Å². The van der Waals surface area contributed by atoms with Gasteiger partial charge in [0.2, 0.25) is 0 Å². The zero-order valence-electron chi connectivity index (χ0n) is 16.0. The summed E-state index contributed by atoms with van der Waals surface area (Å²) in [7, 11) is 2.77. The number of carbonyl (C=O) groups excluding carboxylic acids is 2. The highest BCUT2D eigenvalue weighted by molar-refractivity contribution is 8.14. The van der Waals surface area contributed by atoms with Crippen molar-refractivity contribution >= 4 is 62.7 Å². The molecule has 0 aliphatic rings. The summed E-state index contributed by atoms with van der Waals surface area (Å²) in [5, 5.41) is 5.19. The van der Waals surface area contributed by atoms with Gasteiger partial charge in [-0.25, -0.2) is 16.8 Å². The first kappa shape index (κ1) is 23.7. The summed E-state index contributed by atoms with van der Waals surface area (Å²) in [5.74, 6) is -1.03. The van der Waals surface area contributed by atoms with E-state index in [4.69, 9.17) is 21.4 Å². The van der Waals surface area contributed by atoms with Gasteiger partial charge in [0, 0.05) is 43.9 Å². The van der Waals surface area contributed by atoms with Gasteiger partial charge in [0.25, 0.3) is 29.9 Å². The minimum absolute atomic E-state index is 0.104.